The Morgan fingerprint density at radius 3 is 2.38 bits per heavy atom. The monoisotopic (exact) mass is 389 g/mol. The molecular formula is C24H23NO4. The molecule has 148 valence electrons. The summed E-state index contributed by atoms with van der Waals surface area (Å²) >= 11 is 0. The van der Waals surface area contributed by atoms with E-state index in [1.807, 2.05) is 30.3 Å². The fourth-order valence-corrected chi connectivity index (χ4v) is 2.96. The summed E-state index contributed by atoms with van der Waals surface area (Å²) in [5.41, 5.74) is 2.35. The highest BCUT2D eigenvalue weighted by molar-refractivity contribution is 5.75. The minimum Gasteiger partial charge on any atom is -0.502 e. The second-order valence-corrected chi connectivity index (χ2v) is 6.67. The number of hydrogen-bond donors (Lipinski definition) is 1. The average Bonchev–Trinajstić information content (AvgIpc) is 2.74. The SMILES string of the molecule is O=[N+]([O-])c1cccc(/C=C/c2ccc(OCCCCc3ccccc3)cc2)c1O. The molecule has 0 heterocycles. The van der Waals surface area contributed by atoms with Crippen molar-refractivity contribution in [1.82, 2.24) is 0 Å². The Morgan fingerprint density at radius 2 is 1.66 bits per heavy atom. The Labute approximate surface area is 170 Å². The first kappa shape index (κ1) is 20.1. The van der Waals surface area contributed by atoms with Gasteiger partial charge in [-0.2, -0.15) is 0 Å². The summed E-state index contributed by atoms with van der Waals surface area (Å²) in [6, 6.07) is 22.5. The third-order valence-electron chi connectivity index (χ3n) is 4.55. The Kier molecular flexibility index (Phi) is 7.00. The topological polar surface area (TPSA) is 72.6 Å². The van der Waals surface area contributed by atoms with Crippen LogP contribution in [0.1, 0.15) is 29.5 Å². The van der Waals surface area contributed by atoms with Gasteiger partial charge in [-0.05, 0) is 42.5 Å². The Bertz CT molecular complexity index is 966. The van der Waals surface area contributed by atoms with Crippen LogP contribution >= 0.6 is 0 Å². The Hall–Kier alpha value is -3.60. The van der Waals surface area contributed by atoms with Gasteiger partial charge in [0.05, 0.1) is 11.5 Å². The summed E-state index contributed by atoms with van der Waals surface area (Å²) in [6.07, 6.45) is 6.57. The first-order chi connectivity index (χ1) is 14.1. The molecule has 0 amide bonds. The van der Waals surface area contributed by atoms with Crippen molar-refractivity contribution < 1.29 is 14.8 Å². The predicted octanol–water partition coefficient (Wildman–Crippen LogP) is 5.87. The van der Waals surface area contributed by atoms with Crippen molar-refractivity contribution in [2.45, 2.75) is 19.3 Å². The number of nitro benzene ring substituents is 1. The van der Waals surface area contributed by atoms with Crippen molar-refractivity contribution >= 4 is 17.8 Å². The minimum absolute atomic E-state index is 0.303. The van der Waals surface area contributed by atoms with Crippen molar-refractivity contribution in [3.63, 3.8) is 0 Å². The highest BCUT2D eigenvalue weighted by atomic mass is 16.6. The highest BCUT2D eigenvalue weighted by Gasteiger charge is 2.14. The van der Waals surface area contributed by atoms with Gasteiger partial charge in [0.25, 0.3) is 0 Å². The lowest BCUT2D eigenvalue weighted by Crippen LogP contribution is -1.98. The normalized spacial score (nSPS) is 10.9. The van der Waals surface area contributed by atoms with E-state index in [2.05, 4.69) is 24.3 Å². The van der Waals surface area contributed by atoms with E-state index >= 15 is 0 Å². The van der Waals surface area contributed by atoms with E-state index in [9.17, 15) is 15.2 Å². The summed E-state index contributed by atoms with van der Waals surface area (Å²) in [6.45, 7) is 0.670. The number of nitrogens with zero attached hydrogens (tertiary/aromatic N) is 1. The second kappa shape index (κ2) is 10.1. The van der Waals surface area contributed by atoms with E-state index < -0.39 is 4.92 Å². The fourth-order valence-electron chi connectivity index (χ4n) is 2.96. The van der Waals surface area contributed by atoms with Crippen LogP contribution in [0.3, 0.4) is 0 Å². The van der Waals surface area contributed by atoms with Gasteiger partial charge in [0.1, 0.15) is 5.75 Å². The Morgan fingerprint density at radius 1 is 0.897 bits per heavy atom. The highest BCUT2D eigenvalue weighted by Crippen LogP contribution is 2.30. The van der Waals surface area contributed by atoms with Gasteiger partial charge in [0.15, 0.2) is 0 Å². The largest absolute Gasteiger partial charge is 0.502 e. The van der Waals surface area contributed by atoms with Gasteiger partial charge in [0, 0.05) is 11.6 Å². The maximum atomic E-state index is 10.9. The fraction of sp³-hybridized carbons (Fsp3) is 0.167. The summed E-state index contributed by atoms with van der Waals surface area (Å²) < 4.78 is 5.78. The minimum atomic E-state index is -0.599. The van der Waals surface area contributed by atoms with Crippen molar-refractivity contribution in [2.24, 2.45) is 0 Å². The van der Waals surface area contributed by atoms with E-state index in [1.165, 1.54) is 11.6 Å². The number of aryl methyl sites for hydroxylation is 1. The number of para-hydroxylation sites is 1. The quantitative estimate of drug-likeness (QED) is 0.215. The van der Waals surface area contributed by atoms with Gasteiger partial charge in [0.2, 0.25) is 5.75 Å². The predicted molar refractivity (Wildman–Crippen MR) is 115 cm³/mol. The number of aromatic hydroxyl groups is 1. The number of phenols is 1. The van der Waals surface area contributed by atoms with E-state index in [0.717, 1.165) is 30.6 Å². The molecule has 0 aliphatic carbocycles. The number of phenolic OH excluding ortho intramolecular Hbond substituents is 1. The van der Waals surface area contributed by atoms with Gasteiger partial charge in [-0.3, -0.25) is 10.1 Å². The molecule has 0 aliphatic rings. The lowest BCUT2D eigenvalue weighted by Gasteiger charge is -2.06. The molecule has 3 aromatic carbocycles. The van der Waals surface area contributed by atoms with Gasteiger partial charge in [-0.15, -0.1) is 0 Å². The summed E-state index contributed by atoms with van der Waals surface area (Å²) in [5, 5.41) is 20.9. The maximum absolute atomic E-state index is 10.9. The molecule has 0 aliphatic heterocycles. The van der Waals surface area contributed by atoms with Gasteiger partial charge in [-0.25, -0.2) is 0 Å². The second-order valence-electron chi connectivity index (χ2n) is 6.67. The number of ether oxygens (including phenoxy) is 1. The average molecular weight is 389 g/mol. The van der Waals surface area contributed by atoms with Crippen LogP contribution in [-0.2, 0) is 6.42 Å². The van der Waals surface area contributed by atoms with Gasteiger partial charge >= 0.3 is 5.69 Å². The third-order valence-corrected chi connectivity index (χ3v) is 4.55. The first-order valence-electron chi connectivity index (χ1n) is 9.55. The molecule has 0 unspecified atom stereocenters. The zero-order valence-corrected chi connectivity index (χ0v) is 16.0. The molecule has 5 nitrogen and oxygen atoms in total. The zero-order chi connectivity index (χ0) is 20.5. The zero-order valence-electron chi connectivity index (χ0n) is 16.0. The molecule has 0 bridgehead atoms. The van der Waals surface area contributed by atoms with Crippen LogP contribution in [0.2, 0.25) is 0 Å². The Balaban J connectivity index is 1.48. The van der Waals surface area contributed by atoms with E-state index in [1.54, 1.807) is 24.3 Å². The number of nitro groups is 1. The third kappa shape index (κ3) is 5.94. The van der Waals surface area contributed by atoms with Gasteiger partial charge in [-0.1, -0.05) is 66.7 Å². The van der Waals surface area contributed by atoms with Crippen LogP contribution in [0.5, 0.6) is 11.5 Å². The molecule has 5 heteroatoms. The molecule has 0 radical (unpaired) electrons. The lowest BCUT2D eigenvalue weighted by molar-refractivity contribution is -0.385. The van der Waals surface area contributed by atoms with Crippen LogP contribution < -0.4 is 4.74 Å². The van der Waals surface area contributed by atoms with Gasteiger partial charge < -0.3 is 9.84 Å². The summed E-state index contributed by atoms with van der Waals surface area (Å²) in [5.74, 6) is 0.476. The molecule has 0 saturated heterocycles. The van der Waals surface area contributed by atoms with Crippen molar-refractivity contribution in [3.05, 3.63) is 99.6 Å². The van der Waals surface area contributed by atoms with Crippen molar-refractivity contribution in [2.75, 3.05) is 6.61 Å². The lowest BCUT2D eigenvalue weighted by atomic mass is 10.1. The first-order valence-corrected chi connectivity index (χ1v) is 9.55. The number of benzene rings is 3. The number of rotatable bonds is 9. The van der Waals surface area contributed by atoms with Crippen LogP contribution in [0.4, 0.5) is 5.69 Å². The standard InChI is InChI=1S/C24H23NO4/c26-24-21(10-6-11-23(24)25(27)28)15-12-20-13-16-22(17-14-20)29-18-5-4-9-19-7-2-1-3-8-19/h1-3,6-8,10-17,26H,4-5,9,18H2/b15-12+. The molecule has 3 aromatic rings. The molecule has 29 heavy (non-hydrogen) atoms. The van der Waals surface area contributed by atoms with E-state index in [0.29, 0.717) is 12.2 Å². The molecular weight excluding hydrogens is 366 g/mol. The van der Waals surface area contributed by atoms with Crippen LogP contribution in [0.15, 0.2) is 72.8 Å². The van der Waals surface area contributed by atoms with Crippen LogP contribution in [-0.4, -0.2) is 16.6 Å². The molecule has 0 fully saturated rings. The maximum Gasteiger partial charge on any atom is 0.311 e. The summed E-state index contributed by atoms with van der Waals surface area (Å²) in [7, 11) is 0. The van der Waals surface area contributed by atoms with E-state index in [-0.39, 0.29) is 11.4 Å². The number of unbranched alkanes of at least 4 members (excludes halogenated alkanes) is 1. The van der Waals surface area contributed by atoms with Crippen molar-refractivity contribution in [3.8, 4) is 11.5 Å². The smallest absolute Gasteiger partial charge is 0.311 e. The van der Waals surface area contributed by atoms with Crippen LogP contribution in [0.25, 0.3) is 12.2 Å². The molecule has 3 rings (SSSR count). The molecule has 0 spiro atoms. The molecule has 0 saturated carbocycles. The van der Waals surface area contributed by atoms with Crippen molar-refractivity contribution in [1.29, 1.82) is 0 Å². The van der Waals surface area contributed by atoms with Crippen LogP contribution in [0, 0.1) is 10.1 Å². The molecule has 0 atom stereocenters. The summed E-state index contributed by atoms with van der Waals surface area (Å²) in [4.78, 5) is 10.3. The number of hydrogen-bond acceptors (Lipinski definition) is 4. The molecule has 0 aromatic heterocycles. The van der Waals surface area contributed by atoms with E-state index in [4.69, 9.17) is 4.74 Å². The molecule has 1 N–H and O–H groups in total.